The lowest BCUT2D eigenvalue weighted by molar-refractivity contribution is 0.124. The normalized spacial score (nSPS) is 16.0. The second kappa shape index (κ2) is 11.3. The molecule has 1 unspecified atom stereocenters. The molecule has 3 N–H and O–H groups in total. The van der Waals surface area contributed by atoms with Crippen LogP contribution in [0.1, 0.15) is 37.3 Å². The van der Waals surface area contributed by atoms with Gasteiger partial charge in [-0.15, -0.1) is 0 Å². The van der Waals surface area contributed by atoms with E-state index in [0.717, 1.165) is 18.8 Å². The highest BCUT2D eigenvalue weighted by molar-refractivity contribution is 7.45. The van der Waals surface area contributed by atoms with Gasteiger partial charge in [0.05, 0.1) is 0 Å². The van der Waals surface area contributed by atoms with Crippen LogP contribution in [0.15, 0.2) is 54.6 Å². The number of rotatable bonds is 6. The van der Waals surface area contributed by atoms with Crippen LogP contribution in [0.25, 0.3) is 0 Å². The molecule has 1 aliphatic heterocycles. The lowest BCUT2D eigenvalue weighted by Gasteiger charge is -2.32. The fourth-order valence-electron chi connectivity index (χ4n) is 3.28. The van der Waals surface area contributed by atoms with Crippen LogP contribution in [0.5, 0.6) is 5.75 Å². The maximum atomic E-state index is 8.88. The van der Waals surface area contributed by atoms with Crippen molar-refractivity contribution < 1.29 is 24.0 Å². The Morgan fingerprint density at radius 2 is 1.54 bits per heavy atom. The summed E-state index contributed by atoms with van der Waals surface area (Å²) in [5, 5.41) is 0. The molecule has 2 aromatic rings. The lowest BCUT2D eigenvalue weighted by atomic mass is 10.0. The lowest BCUT2D eigenvalue weighted by Crippen LogP contribution is -2.40. The van der Waals surface area contributed by atoms with Crippen molar-refractivity contribution in [2.75, 3.05) is 19.7 Å². The molecule has 28 heavy (non-hydrogen) atoms. The van der Waals surface area contributed by atoms with Crippen molar-refractivity contribution in [3.63, 3.8) is 0 Å². The summed E-state index contributed by atoms with van der Waals surface area (Å²) < 4.78 is 15.1. The number of likely N-dealkylation sites (tertiary alicyclic amines) is 1. The van der Waals surface area contributed by atoms with Crippen LogP contribution in [0, 0.1) is 0 Å². The van der Waals surface area contributed by atoms with E-state index in [2.05, 4.69) is 66.4 Å². The molecule has 0 amide bonds. The van der Waals surface area contributed by atoms with Crippen LogP contribution in [0.3, 0.4) is 0 Å². The van der Waals surface area contributed by atoms with Crippen LogP contribution < -0.4 is 4.74 Å². The van der Waals surface area contributed by atoms with Crippen molar-refractivity contribution in [1.29, 1.82) is 0 Å². The largest absolute Gasteiger partial charge is 0.492 e. The summed E-state index contributed by atoms with van der Waals surface area (Å²) in [4.78, 5) is 24.1. The smallest absolute Gasteiger partial charge is 0.466 e. The van der Waals surface area contributed by atoms with Crippen LogP contribution in [-0.4, -0.2) is 45.3 Å². The highest BCUT2D eigenvalue weighted by atomic mass is 31.2. The monoisotopic (exact) mass is 407 g/mol. The number of nitrogens with zero attached hydrogens (tertiary/aromatic N) is 1. The summed E-state index contributed by atoms with van der Waals surface area (Å²) in [5.41, 5.74) is 2.59. The number of benzene rings is 2. The van der Waals surface area contributed by atoms with Gasteiger partial charge in [0, 0.05) is 12.5 Å². The number of para-hydroxylation sites is 1. The molecular formula is C21H30NO5P. The molecule has 2 aromatic carbocycles. The van der Waals surface area contributed by atoms with Crippen LogP contribution in [0.2, 0.25) is 0 Å². The summed E-state index contributed by atoms with van der Waals surface area (Å²) >= 11 is 0. The molecular weight excluding hydrogens is 377 g/mol. The van der Waals surface area contributed by atoms with Gasteiger partial charge in [-0.05, 0) is 50.0 Å². The quantitative estimate of drug-likeness (QED) is 0.634. The fraction of sp³-hybridized carbons (Fsp3) is 0.429. The van der Waals surface area contributed by atoms with E-state index in [9.17, 15) is 0 Å². The Labute approximate surface area is 167 Å². The molecule has 0 spiro atoms. The van der Waals surface area contributed by atoms with Gasteiger partial charge in [0.15, 0.2) is 0 Å². The maximum Gasteiger partial charge on any atom is 0.466 e. The Morgan fingerprint density at radius 1 is 0.964 bits per heavy atom. The van der Waals surface area contributed by atoms with Gasteiger partial charge in [0.1, 0.15) is 12.4 Å². The first-order valence-electron chi connectivity index (χ1n) is 9.60. The van der Waals surface area contributed by atoms with E-state index in [-0.39, 0.29) is 0 Å². The van der Waals surface area contributed by atoms with E-state index >= 15 is 0 Å². The van der Waals surface area contributed by atoms with E-state index in [1.165, 1.54) is 43.5 Å². The zero-order valence-electron chi connectivity index (χ0n) is 16.3. The van der Waals surface area contributed by atoms with Crippen LogP contribution in [0.4, 0.5) is 0 Å². The van der Waals surface area contributed by atoms with Crippen molar-refractivity contribution >= 4 is 7.82 Å². The van der Waals surface area contributed by atoms with Gasteiger partial charge in [-0.3, -0.25) is 4.90 Å². The zero-order valence-corrected chi connectivity index (χ0v) is 17.2. The number of hydrogen-bond donors (Lipinski definition) is 3. The molecule has 6 nitrogen and oxygen atoms in total. The van der Waals surface area contributed by atoms with Crippen LogP contribution >= 0.6 is 7.82 Å². The maximum absolute atomic E-state index is 8.88. The first kappa shape index (κ1) is 22.6. The molecule has 0 aromatic heterocycles. The van der Waals surface area contributed by atoms with Crippen molar-refractivity contribution in [2.45, 2.75) is 38.6 Å². The Balaban J connectivity index is 0.000000500. The molecule has 3 rings (SSSR count). The molecule has 0 bridgehead atoms. The average molecular weight is 407 g/mol. The Kier molecular flexibility index (Phi) is 9.16. The fourth-order valence-corrected chi connectivity index (χ4v) is 3.28. The summed E-state index contributed by atoms with van der Waals surface area (Å²) in [6.45, 7) is 5.49. The molecule has 0 aliphatic carbocycles. The third kappa shape index (κ3) is 9.00. The molecule has 1 aliphatic rings. The SMILES string of the molecule is CC(COc1ccccc1Cc1ccccc1)N1CCCCC1.O=P(O)(O)O. The second-order valence-corrected chi connectivity index (χ2v) is 8.07. The predicted molar refractivity (Wildman–Crippen MR) is 110 cm³/mol. The number of piperidine rings is 1. The third-order valence-electron chi connectivity index (χ3n) is 4.70. The number of phosphoric acid groups is 1. The van der Waals surface area contributed by atoms with Gasteiger partial charge in [-0.2, -0.15) is 0 Å². The van der Waals surface area contributed by atoms with Gasteiger partial charge in [0.25, 0.3) is 0 Å². The minimum absolute atomic E-state index is 0.486. The van der Waals surface area contributed by atoms with Crippen LogP contribution in [-0.2, 0) is 11.0 Å². The molecule has 0 saturated carbocycles. The molecule has 1 saturated heterocycles. The van der Waals surface area contributed by atoms with E-state index in [1.54, 1.807) is 0 Å². The van der Waals surface area contributed by atoms with Crippen molar-refractivity contribution in [3.05, 3.63) is 65.7 Å². The molecule has 1 heterocycles. The standard InChI is InChI=1S/C21H27NO.H3O4P/c1-18(22-14-8-3-9-15-22)17-23-21-13-7-6-12-20(21)16-19-10-4-2-5-11-19;1-5(2,3)4/h2,4-7,10-13,18H,3,8-9,14-17H2,1H3;(H3,1,2,3,4). The minimum Gasteiger partial charge on any atom is -0.492 e. The van der Waals surface area contributed by atoms with Gasteiger partial charge >= 0.3 is 7.82 Å². The third-order valence-corrected chi connectivity index (χ3v) is 4.70. The first-order valence-corrected chi connectivity index (χ1v) is 11.2. The predicted octanol–water partition coefficient (Wildman–Crippen LogP) is 3.60. The van der Waals surface area contributed by atoms with Crippen molar-refractivity contribution in [3.8, 4) is 5.75 Å². The first-order chi connectivity index (χ1) is 13.3. The van der Waals surface area contributed by atoms with Crippen molar-refractivity contribution in [1.82, 2.24) is 4.90 Å². The van der Waals surface area contributed by atoms with Gasteiger partial charge in [-0.1, -0.05) is 55.0 Å². The molecule has 7 heteroatoms. The average Bonchev–Trinajstić information content (AvgIpc) is 2.67. The highest BCUT2D eigenvalue weighted by Crippen LogP contribution is 2.26. The zero-order chi connectivity index (χ0) is 20.4. The summed E-state index contributed by atoms with van der Waals surface area (Å²) in [7, 11) is -4.64. The van der Waals surface area contributed by atoms with E-state index < -0.39 is 7.82 Å². The minimum atomic E-state index is -4.64. The Bertz CT molecular complexity index is 735. The van der Waals surface area contributed by atoms with Crippen molar-refractivity contribution in [2.24, 2.45) is 0 Å². The molecule has 1 fully saturated rings. The van der Waals surface area contributed by atoms with E-state index in [1.807, 2.05) is 0 Å². The Hall–Kier alpha value is -1.69. The topological polar surface area (TPSA) is 90.2 Å². The summed E-state index contributed by atoms with van der Waals surface area (Å²) in [5.74, 6) is 1.03. The second-order valence-electron chi connectivity index (χ2n) is 7.04. The number of ether oxygens (including phenoxy) is 1. The van der Waals surface area contributed by atoms with Gasteiger partial charge in [0.2, 0.25) is 0 Å². The number of hydrogen-bond acceptors (Lipinski definition) is 3. The van der Waals surface area contributed by atoms with Gasteiger partial charge < -0.3 is 19.4 Å². The van der Waals surface area contributed by atoms with E-state index in [4.69, 9.17) is 24.0 Å². The molecule has 0 radical (unpaired) electrons. The molecule has 1 atom stereocenters. The molecule has 154 valence electrons. The van der Waals surface area contributed by atoms with E-state index in [0.29, 0.717) is 6.04 Å². The summed E-state index contributed by atoms with van der Waals surface area (Å²) in [6, 6.07) is 19.5. The Morgan fingerprint density at radius 3 is 2.18 bits per heavy atom. The summed E-state index contributed by atoms with van der Waals surface area (Å²) in [6.07, 6.45) is 4.96. The highest BCUT2D eigenvalue weighted by Gasteiger charge is 2.17. The van der Waals surface area contributed by atoms with Gasteiger partial charge in [-0.25, -0.2) is 4.57 Å².